The molecule has 340 valence electrons. The summed E-state index contributed by atoms with van der Waals surface area (Å²) >= 11 is 0. The minimum absolute atomic E-state index is 0.140. The van der Waals surface area contributed by atoms with Crippen LogP contribution >= 0.6 is 0 Å². The number of methoxy groups -OCH3 is 1. The number of hydrogen-bond acceptors (Lipinski definition) is 25. The molecule has 0 spiro atoms. The number of ether oxygens (including phenoxy) is 1. The third kappa shape index (κ3) is 12.9. The van der Waals surface area contributed by atoms with Gasteiger partial charge in [0.05, 0.1) is 85.7 Å². The van der Waals surface area contributed by atoms with Crippen molar-refractivity contribution >= 4 is 85.0 Å². The van der Waals surface area contributed by atoms with E-state index in [-0.39, 0.29) is 26.9 Å². The van der Waals surface area contributed by atoms with Crippen LogP contribution in [0.15, 0.2) is 136 Å². The number of para-hydroxylation sites is 1. The zero-order chi connectivity index (χ0) is 46.8. The number of esters is 1. The molecule has 3 aromatic carbocycles. The van der Waals surface area contributed by atoms with Gasteiger partial charge in [0.1, 0.15) is 33.3 Å². The second-order valence-electron chi connectivity index (χ2n) is 11.9. The smallest absolute Gasteiger partial charge is 0.399 e. The van der Waals surface area contributed by atoms with Crippen molar-refractivity contribution in [2.45, 2.75) is 14.7 Å². The van der Waals surface area contributed by atoms with Gasteiger partial charge in [0, 0.05) is 0 Å². The third-order valence-electron chi connectivity index (χ3n) is 7.96. The van der Waals surface area contributed by atoms with Gasteiger partial charge in [-0.25, -0.2) is 30.0 Å². The fourth-order valence-corrected chi connectivity index (χ4v) is 8.88. The van der Waals surface area contributed by atoms with E-state index in [1.165, 1.54) is 60.7 Å². The summed E-state index contributed by atoms with van der Waals surface area (Å²) < 4.78 is 150. The van der Waals surface area contributed by atoms with Crippen molar-refractivity contribution in [3.8, 4) is 0 Å². The first kappa shape index (κ1) is 50.0. The number of carbonyl (C=O) groups is 1. The number of carbonyl (C=O) groups excluding carboxylic acids is 1. The lowest BCUT2D eigenvalue weighted by Gasteiger charge is -2.20. The summed E-state index contributed by atoms with van der Waals surface area (Å²) in [7, 11) is -18.1. The van der Waals surface area contributed by atoms with Gasteiger partial charge >= 0.3 is 26.8 Å². The Hall–Kier alpha value is -5.70. The van der Waals surface area contributed by atoms with E-state index in [2.05, 4.69) is 51.9 Å². The van der Waals surface area contributed by atoms with Crippen molar-refractivity contribution in [1.29, 1.82) is 5.41 Å². The molecule has 0 aliphatic heterocycles. The van der Waals surface area contributed by atoms with Crippen molar-refractivity contribution in [1.82, 2.24) is 0 Å². The van der Waals surface area contributed by atoms with Gasteiger partial charge in [0.15, 0.2) is 19.7 Å². The van der Waals surface area contributed by atoms with Gasteiger partial charge < -0.3 is 10.5 Å². The van der Waals surface area contributed by atoms with E-state index in [1.807, 2.05) is 0 Å². The lowest BCUT2D eigenvalue weighted by Crippen LogP contribution is -2.32. The molecule has 1 aliphatic rings. The monoisotopic (exact) mass is 976 g/mol. The largest absolute Gasteiger partial charge is 0.465 e. The molecular weight excluding hydrogens is 941 g/mol. The Labute approximate surface area is 361 Å². The topological polar surface area (TPSA) is 367 Å². The van der Waals surface area contributed by atoms with Gasteiger partial charge in [-0.2, -0.15) is 40.6 Å². The molecule has 0 aromatic heterocycles. The standard InChI is InChI=1S/C33H36N8O17S5/c1-53-33(42)27-30(39-36-21-9-7-11-23(19-21)59(43,44)17-15-57-62(49,50)55-3)28(34)32(29(35)31(27)40-38-25-13-5-6-14-26(25)61(47,48)54-2)41-37-22-10-8-12-24(20-22)60(45,46)18-16-58-63(51,52)56-4/h5-14,19-20,35,38H,15-18,34H2,1-4H3/b35-29?,39-36+,40-31-,41-37+. The summed E-state index contributed by atoms with van der Waals surface area (Å²) in [5.41, 5.74) is 4.76. The average Bonchev–Trinajstić information content (AvgIpc) is 3.25. The van der Waals surface area contributed by atoms with Crippen LogP contribution in [0.25, 0.3) is 0 Å². The molecule has 1 aliphatic carbocycles. The molecule has 0 bridgehead atoms. The molecule has 0 atom stereocenters. The third-order valence-corrected chi connectivity index (χ3v) is 14.4. The van der Waals surface area contributed by atoms with Gasteiger partial charge in [-0.15, -0.1) is 10.2 Å². The van der Waals surface area contributed by atoms with Crippen molar-refractivity contribution in [3.63, 3.8) is 0 Å². The first-order valence-corrected chi connectivity index (χ1v) is 24.4. The highest BCUT2D eigenvalue weighted by Gasteiger charge is 2.36. The summed E-state index contributed by atoms with van der Waals surface area (Å²) in [6, 6.07) is 14.9. The van der Waals surface area contributed by atoms with E-state index in [0.717, 1.165) is 40.6 Å². The number of nitrogens with one attached hydrogen (secondary N) is 2. The van der Waals surface area contributed by atoms with E-state index >= 15 is 0 Å². The van der Waals surface area contributed by atoms with Crippen LogP contribution in [0.2, 0.25) is 0 Å². The second-order valence-corrected chi connectivity index (χ2v) is 20.5. The number of hydrazone groups is 1. The molecule has 0 radical (unpaired) electrons. The average molecular weight is 977 g/mol. The normalized spacial score (nSPS) is 15.2. The van der Waals surface area contributed by atoms with Crippen LogP contribution in [0.5, 0.6) is 0 Å². The van der Waals surface area contributed by atoms with E-state index < -0.39 is 120 Å². The molecule has 4 rings (SSSR count). The Morgan fingerprint density at radius 1 is 0.651 bits per heavy atom. The van der Waals surface area contributed by atoms with Crippen molar-refractivity contribution < 1.29 is 72.5 Å². The number of anilines is 1. The van der Waals surface area contributed by atoms with Crippen LogP contribution in [-0.4, -0.2) is 113 Å². The molecule has 0 fully saturated rings. The minimum atomic E-state index is -4.43. The second kappa shape index (κ2) is 20.7. The molecule has 25 nitrogen and oxygen atoms in total. The van der Waals surface area contributed by atoms with Crippen LogP contribution in [0, 0.1) is 5.41 Å². The Balaban J connectivity index is 1.85. The highest BCUT2D eigenvalue weighted by Crippen LogP contribution is 2.31. The molecule has 63 heavy (non-hydrogen) atoms. The summed E-state index contributed by atoms with van der Waals surface area (Å²) in [5, 5.41) is 29.3. The SMILES string of the molecule is COC(=O)C1=C(/N=N/c2cccc(S(=O)(=O)CCOS(=O)(=O)OC)c2)C(N)=C(/N=N/c2cccc(S(=O)(=O)CCOS(=O)(=O)OC)c2)C(=N)/C1=N\Nc1ccccc1S(=O)(=O)OC. The lowest BCUT2D eigenvalue weighted by molar-refractivity contribution is -0.135. The molecule has 0 saturated carbocycles. The number of benzene rings is 3. The number of azo groups is 2. The van der Waals surface area contributed by atoms with E-state index in [9.17, 15) is 46.9 Å². The van der Waals surface area contributed by atoms with Crippen LogP contribution < -0.4 is 11.2 Å². The number of allylic oxidation sites excluding steroid dienone is 1. The van der Waals surface area contributed by atoms with Crippen molar-refractivity contribution in [2.75, 3.05) is 58.6 Å². The minimum Gasteiger partial charge on any atom is -0.465 e. The first-order chi connectivity index (χ1) is 29.5. The molecule has 30 heteroatoms. The van der Waals surface area contributed by atoms with E-state index in [1.54, 1.807) is 0 Å². The Bertz CT molecular complexity index is 3010. The van der Waals surface area contributed by atoms with Crippen LogP contribution in [0.1, 0.15) is 0 Å². The fraction of sp³-hybridized carbons (Fsp3) is 0.242. The fourth-order valence-electron chi connectivity index (χ4n) is 4.85. The van der Waals surface area contributed by atoms with Crippen LogP contribution in [0.3, 0.4) is 0 Å². The van der Waals surface area contributed by atoms with Gasteiger partial charge in [-0.05, 0) is 48.5 Å². The number of nitrogens with zero attached hydrogens (tertiary/aromatic N) is 5. The summed E-state index contributed by atoms with van der Waals surface area (Å²) in [4.78, 5) is 12.3. The van der Waals surface area contributed by atoms with Crippen LogP contribution in [-0.2, 0) is 81.0 Å². The molecule has 0 heterocycles. The van der Waals surface area contributed by atoms with Crippen LogP contribution in [0.4, 0.5) is 17.1 Å². The predicted molar refractivity (Wildman–Crippen MR) is 219 cm³/mol. The molecule has 4 N–H and O–H groups in total. The maximum Gasteiger partial charge on any atom is 0.399 e. The van der Waals surface area contributed by atoms with E-state index in [0.29, 0.717) is 0 Å². The molecule has 3 aromatic rings. The quantitative estimate of drug-likeness (QED) is 0.0453. The Kier molecular flexibility index (Phi) is 16.4. The summed E-state index contributed by atoms with van der Waals surface area (Å²) in [6.45, 7) is -1.58. The highest BCUT2D eigenvalue weighted by atomic mass is 32.3. The number of hydrogen-bond donors (Lipinski definition) is 3. The van der Waals surface area contributed by atoms with Crippen molar-refractivity contribution in [3.05, 3.63) is 95.5 Å². The molecule has 0 amide bonds. The number of rotatable bonds is 21. The number of nitrogens with two attached hydrogens (primary N) is 1. The maximum atomic E-state index is 13.4. The molecular formula is C33H36N8O17S5. The Morgan fingerprint density at radius 2 is 1.14 bits per heavy atom. The van der Waals surface area contributed by atoms with Gasteiger partial charge in [0.2, 0.25) is 0 Å². The lowest BCUT2D eigenvalue weighted by atomic mass is 9.93. The van der Waals surface area contributed by atoms with Crippen molar-refractivity contribution in [2.24, 2.45) is 31.3 Å². The predicted octanol–water partition coefficient (Wildman–Crippen LogP) is 2.35. The highest BCUT2D eigenvalue weighted by molar-refractivity contribution is 7.91. The Morgan fingerprint density at radius 3 is 1.62 bits per heavy atom. The van der Waals surface area contributed by atoms with Gasteiger partial charge in [-0.3, -0.25) is 23.4 Å². The first-order valence-electron chi connectivity index (χ1n) is 17.1. The zero-order valence-electron chi connectivity index (χ0n) is 33.1. The van der Waals surface area contributed by atoms with E-state index in [4.69, 9.17) is 15.9 Å². The van der Waals surface area contributed by atoms with Gasteiger partial charge in [-0.1, -0.05) is 24.3 Å². The van der Waals surface area contributed by atoms with Gasteiger partial charge in [0.25, 0.3) is 10.1 Å². The molecule has 0 unspecified atom stereocenters. The maximum absolute atomic E-state index is 13.4. The zero-order valence-corrected chi connectivity index (χ0v) is 37.1. The number of sulfone groups is 2. The molecule has 0 saturated heterocycles. The summed E-state index contributed by atoms with van der Waals surface area (Å²) in [6.07, 6.45) is 0. The summed E-state index contributed by atoms with van der Waals surface area (Å²) in [5.74, 6) is -2.80.